The fourth-order valence-electron chi connectivity index (χ4n) is 2.38. The molecule has 1 aliphatic rings. The van der Waals surface area contributed by atoms with Crippen molar-refractivity contribution in [1.82, 2.24) is 0 Å². The molecular formula is C13H18ClFN2O. The van der Waals surface area contributed by atoms with E-state index in [9.17, 15) is 4.39 Å². The molecule has 100 valence electrons. The molecular weight excluding hydrogens is 255 g/mol. The van der Waals surface area contributed by atoms with Crippen LogP contribution in [0.3, 0.4) is 0 Å². The van der Waals surface area contributed by atoms with E-state index in [1.165, 1.54) is 12.5 Å². The quantitative estimate of drug-likeness (QED) is 0.809. The van der Waals surface area contributed by atoms with E-state index in [0.717, 1.165) is 19.3 Å². The Morgan fingerprint density at radius 3 is 2.61 bits per heavy atom. The van der Waals surface area contributed by atoms with Gasteiger partial charge in [0.2, 0.25) is 0 Å². The third-order valence-electron chi connectivity index (χ3n) is 3.52. The lowest BCUT2D eigenvalue weighted by atomic mass is 9.88. The highest BCUT2D eigenvalue weighted by Crippen LogP contribution is 2.38. The maximum Gasteiger partial charge on any atom is 0.187 e. The van der Waals surface area contributed by atoms with Crippen molar-refractivity contribution in [3.8, 4) is 5.75 Å². The summed E-state index contributed by atoms with van der Waals surface area (Å²) in [6.07, 6.45) is 4.30. The van der Waals surface area contributed by atoms with Crippen LogP contribution in [0.1, 0.15) is 32.6 Å². The van der Waals surface area contributed by atoms with Gasteiger partial charge in [-0.2, -0.15) is 0 Å². The lowest BCUT2D eigenvalue weighted by Crippen LogP contribution is -2.29. The largest absolute Gasteiger partial charge is 0.485 e. The first-order valence-corrected chi connectivity index (χ1v) is 6.58. The Morgan fingerprint density at radius 2 is 1.94 bits per heavy atom. The summed E-state index contributed by atoms with van der Waals surface area (Å²) in [5.74, 6) is -0.228. The highest BCUT2D eigenvalue weighted by Gasteiger charge is 2.26. The van der Waals surface area contributed by atoms with Gasteiger partial charge in [0, 0.05) is 0 Å². The Morgan fingerprint density at radius 1 is 1.28 bits per heavy atom. The van der Waals surface area contributed by atoms with Crippen LogP contribution in [-0.2, 0) is 0 Å². The standard InChI is InChI=1S/C13H18ClFN2O/c1-7-4-2-3-5-10(7)18-13-9(17)6-8(16)11(14)12(13)15/h6-7,10H,2-5,16-17H2,1H3. The maximum atomic E-state index is 14.0. The monoisotopic (exact) mass is 272 g/mol. The molecule has 0 radical (unpaired) electrons. The maximum absolute atomic E-state index is 14.0. The minimum absolute atomic E-state index is 0.00441. The third-order valence-corrected chi connectivity index (χ3v) is 3.90. The fraction of sp³-hybridized carbons (Fsp3) is 0.538. The molecule has 0 spiro atoms. The molecule has 1 aromatic rings. The van der Waals surface area contributed by atoms with Gasteiger partial charge in [-0.3, -0.25) is 0 Å². The molecule has 1 fully saturated rings. The van der Waals surface area contributed by atoms with Crippen LogP contribution in [0, 0.1) is 11.7 Å². The smallest absolute Gasteiger partial charge is 0.187 e. The molecule has 18 heavy (non-hydrogen) atoms. The van der Waals surface area contributed by atoms with E-state index in [0.29, 0.717) is 5.92 Å². The lowest BCUT2D eigenvalue weighted by molar-refractivity contribution is 0.0989. The summed E-state index contributed by atoms with van der Waals surface area (Å²) in [5.41, 5.74) is 11.6. The molecule has 0 amide bonds. The molecule has 0 bridgehead atoms. The molecule has 2 unspecified atom stereocenters. The molecule has 0 heterocycles. The molecule has 0 aliphatic heterocycles. The number of nitrogens with two attached hydrogens (primary N) is 2. The van der Waals surface area contributed by atoms with Crippen LogP contribution in [0.15, 0.2) is 6.07 Å². The predicted molar refractivity (Wildman–Crippen MR) is 72.3 cm³/mol. The van der Waals surface area contributed by atoms with E-state index in [1.807, 2.05) is 0 Å². The zero-order chi connectivity index (χ0) is 13.3. The fourth-order valence-corrected chi connectivity index (χ4v) is 2.52. The van der Waals surface area contributed by atoms with Gasteiger partial charge in [0.05, 0.1) is 11.4 Å². The summed E-state index contributed by atoms with van der Waals surface area (Å²) in [6.45, 7) is 2.11. The van der Waals surface area contributed by atoms with E-state index in [-0.39, 0.29) is 28.3 Å². The average Bonchev–Trinajstić information content (AvgIpc) is 2.34. The second-order valence-electron chi connectivity index (χ2n) is 4.93. The molecule has 0 saturated heterocycles. The van der Waals surface area contributed by atoms with Crippen molar-refractivity contribution in [1.29, 1.82) is 0 Å². The molecule has 0 aromatic heterocycles. The Labute approximate surface area is 111 Å². The Balaban J connectivity index is 2.26. The van der Waals surface area contributed by atoms with Crippen molar-refractivity contribution in [3.05, 3.63) is 16.9 Å². The number of ether oxygens (including phenoxy) is 1. The van der Waals surface area contributed by atoms with Crippen molar-refractivity contribution in [2.75, 3.05) is 11.5 Å². The van der Waals surface area contributed by atoms with Gasteiger partial charge in [-0.1, -0.05) is 24.9 Å². The first kappa shape index (κ1) is 13.3. The van der Waals surface area contributed by atoms with E-state index in [2.05, 4.69) is 6.92 Å². The van der Waals surface area contributed by atoms with Crippen LogP contribution in [0.5, 0.6) is 5.75 Å². The summed E-state index contributed by atoms with van der Waals surface area (Å²) in [7, 11) is 0. The summed E-state index contributed by atoms with van der Waals surface area (Å²) >= 11 is 5.77. The predicted octanol–water partition coefficient (Wildman–Crippen LogP) is 3.60. The van der Waals surface area contributed by atoms with Crippen LogP contribution >= 0.6 is 11.6 Å². The summed E-state index contributed by atoms with van der Waals surface area (Å²) < 4.78 is 19.7. The van der Waals surface area contributed by atoms with Crippen molar-refractivity contribution in [3.63, 3.8) is 0 Å². The third kappa shape index (κ3) is 2.48. The number of hydrogen-bond donors (Lipinski definition) is 2. The number of benzene rings is 1. The number of nitrogen functional groups attached to an aromatic ring is 2. The van der Waals surface area contributed by atoms with Crippen molar-refractivity contribution in [2.45, 2.75) is 38.7 Å². The van der Waals surface area contributed by atoms with Crippen LogP contribution in [0.25, 0.3) is 0 Å². The first-order chi connectivity index (χ1) is 8.50. The van der Waals surface area contributed by atoms with Gasteiger partial charge in [0.15, 0.2) is 11.6 Å². The van der Waals surface area contributed by atoms with Crippen LogP contribution in [0.2, 0.25) is 5.02 Å². The summed E-state index contributed by atoms with van der Waals surface area (Å²) in [4.78, 5) is 0. The second-order valence-corrected chi connectivity index (χ2v) is 5.31. The number of anilines is 2. The summed E-state index contributed by atoms with van der Waals surface area (Å²) in [6, 6.07) is 1.44. The minimum atomic E-state index is -0.660. The van der Waals surface area contributed by atoms with E-state index >= 15 is 0 Å². The molecule has 1 aromatic carbocycles. The number of hydrogen-bond acceptors (Lipinski definition) is 3. The number of halogens is 2. The molecule has 5 heteroatoms. The van der Waals surface area contributed by atoms with Gasteiger partial charge in [0.1, 0.15) is 11.1 Å². The van der Waals surface area contributed by atoms with Crippen LogP contribution < -0.4 is 16.2 Å². The Bertz CT molecular complexity index is 453. The minimum Gasteiger partial charge on any atom is -0.485 e. The van der Waals surface area contributed by atoms with E-state index in [1.54, 1.807) is 0 Å². The molecule has 4 N–H and O–H groups in total. The second kappa shape index (κ2) is 5.22. The van der Waals surface area contributed by atoms with Crippen LogP contribution in [-0.4, -0.2) is 6.10 Å². The first-order valence-electron chi connectivity index (χ1n) is 6.20. The molecule has 2 rings (SSSR count). The SMILES string of the molecule is CC1CCCCC1Oc1c(N)cc(N)c(Cl)c1F. The topological polar surface area (TPSA) is 61.3 Å². The normalized spacial score (nSPS) is 23.9. The van der Waals surface area contributed by atoms with Gasteiger partial charge >= 0.3 is 0 Å². The van der Waals surface area contributed by atoms with Gasteiger partial charge in [-0.05, 0) is 31.2 Å². The van der Waals surface area contributed by atoms with Crippen molar-refractivity contribution >= 4 is 23.0 Å². The number of rotatable bonds is 2. The Hall–Kier alpha value is -1.16. The average molecular weight is 273 g/mol. The van der Waals surface area contributed by atoms with E-state index < -0.39 is 5.82 Å². The lowest BCUT2D eigenvalue weighted by Gasteiger charge is -2.30. The van der Waals surface area contributed by atoms with Gasteiger partial charge in [0.25, 0.3) is 0 Å². The molecule has 1 aliphatic carbocycles. The van der Waals surface area contributed by atoms with Gasteiger partial charge in [-0.15, -0.1) is 0 Å². The highest BCUT2D eigenvalue weighted by molar-refractivity contribution is 6.33. The van der Waals surface area contributed by atoms with Gasteiger partial charge in [-0.25, -0.2) is 4.39 Å². The Kier molecular flexibility index (Phi) is 3.85. The molecule has 3 nitrogen and oxygen atoms in total. The highest BCUT2D eigenvalue weighted by atomic mass is 35.5. The molecule has 2 atom stereocenters. The van der Waals surface area contributed by atoms with Crippen LogP contribution in [0.4, 0.5) is 15.8 Å². The zero-order valence-corrected chi connectivity index (χ0v) is 11.1. The zero-order valence-electron chi connectivity index (χ0n) is 10.4. The van der Waals surface area contributed by atoms with Crippen molar-refractivity contribution < 1.29 is 9.13 Å². The summed E-state index contributed by atoms with van der Waals surface area (Å²) in [5, 5.41) is -0.123. The van der Waals surface area contributed by atoms with E-state index in [4.69, 9.17) is 27.8 Å². The molecule has 1 saturated carbocycles. The van der Waals surface area contributed by atoms with Gasteiger partial charge < -0.3 is 16.2 Å². The van der Waals surface area contributed by atoms with Crippen molar-refractivity contribution in [2.24, 2.45) is 5.92 Å².